The molecular formula is C14H14BrFN2S. The maximum Gasteiger partial charge on any atom is 0.123 e. The van der Waals surface area contributed by atoms with Crippen molar-refractivity contribution in [3.8, 4) is 0 Å². The van der Waals surface area contributed by atoms with Crippen LogP contribution in [-0.2, 0) is 6.42 Å². The first-order chi connectivity index (χ1) is 9.06. The number of nitrogens with zero attached hydrogens (tertiary/aromatic N) is 1. The molecule has 2 nitrogen and oxygen atoms in total. The van der Waals surface area contributed by atoms with Crippen molar-refractivity contribution < 1.29 is 4.39 Å². The van der Waals surface area contributed by atoms with Gasteiger partial charge < -0.3 is 5.73 Å². The van der Waals surface area contributed by atoms with Crippen LogP contribution in [0.1, 0.15) is 12.5 Å². The van der Waals surface area contributed by atoms with Crippen molar-refractivity contribution in [3.63, 3.8) is 0 Å². The largest absolute Gasteiger partial charge is 0.328 e. The van der Waals surface area contributed by atoms with Crippen molar-refractivity contribution in [2.75, 3.05) is 0 Å². The van der Waals surface area contributed by atoms with E-state index in [0.29, 0.717) is 6.42 Å². The maximum atomic E-state index is 13.3. The lowest BCUT2D eigenvalue weighted by atomic mass is 10.1. The number of aromatic nitrogens is 1. The van der Waals surface area contributed by atoms with E-state index in [1.54, 1.807) is 18.3 Å². The molecule has 0 saturated carbocycles. The van der Waals surface area contributed by atoms with Gasteiger partial charge in [-0.25, -0.2) is 9.37 Å². The Kier molecular flexibility index (Phi) is 4.96. The number of hydrogen-bond donors (Lipinski definition) is 1. The molecule has 1 atom stereocenters. The molecule has 0 aliphatic rings. The minimum Gasteiger partial charge on any atom is -0.328 e. The zero-order valence-electron chi connectivity index (χ0n) is 10.4. The summed E-state index contributed by atoms with van der Waals surface area (Å²) in [5.41, 5.74) is 6.72. The molecule has 1 aromatic carbocycles. The van der Waals surface area contributed by atoms with E-state index in [1.807, 2.05) is 19.1 Å². The van der Waals surface area contributed by atoms with Gasteiger partial charge in [0.2, 0.25) is 0 Å². The van der Waals surface area contributed by atoms with E-state index in [0.717, 1.165) is 20.0 Å². The Bertz CT molecular complexity index is 575. The maximum absolute atomic E-state index is 13.3. The number of halogens is 2. The number of pyridine rings is 1. The van der Waals surface area contributed by atoms with Gasteiger partial charge >= 0.3 is 0 Å². The Morgan fingerprint density at radius 1 is 1.42 bits per heavy atom. The topological polar surface area (TPSA) is 38.9 Å². The molecule has 0 aliphatic heterocycles. The second kappa shape index (κ2) is 6.50. The number of hydrogen-bond acceptors (Lipinski definition) is 3. The second-order valence-corrected chi connectivity index (χ2v) is 6.21. The van der Waals surface area contributed by atoms with Gasteiger partial charge in [0, 0.05) is 17.1 Å². The Morgan fingerprint density at radius 2 is 2.21 bits per heavy atom. The molecule has 0 aliphatic carbocycles. The molecular weight excluding hydrogens is 327 g/mol. The zero-order chi connectivity index (χ0) is 13.8. The highest BCUT2D eigenvalue weighted by Gasteiger charge is 2.10. The fourth-order valence-electron chi connectivity index (χ4n) is 1.70. The van der Waals surface area contributed by atoms with Crippen LogP contribution in [0.2, 0.25) is 0 Å². The van der Waals surface area contributed by atoms with Crippen molar-refractivity contribution in [1.82, 2.24) is 4.98 Å². The summed E-state index contributed by atoms with van der Waals surface area (Å²) in [7, 11) is 0. The Balaban J connectivity index is 2.32. The van der Waals surface area contributed by atoms with Crippen LogP contribution in [0.3, 0.4) is 0 Å². The average Bonchev–Trinajstić information content (AvgIpc) is 2.34. The van der Waals surface area contributed by atoms with Crippen LogP contribution in [0, 0.1) is 5.82 Å². The van der Waals surface area contributed by atoms with Crippen molar-refractivity contribution in [1.29, 1.82) is 0 Å². The third kappa shape index (κ3) is 4.03. The first-order valence-electron chi connectivity index (χ1n) is 5.88. The monoisotopic (exact) mass is 340 g/mol. The zero-order valence-corrected chi connectivity index (χ0v) is 12.8. The number of benzene rings is 1. The highest BCUT2D eigenvalue weighted by molar-refractivity contribution is 9.10. The quantitative estimate of drug-likeness (QED) is 0.913. The van der Waals surface area contributed by atoms with Crippen molar-refractivity contribution in [3.05, 3.63) is 52.4 Å². The average molecular weight is 341 g/mol. The van der Waals surface area contributed by atoms with Crippen molar-refractivity contribution >= 4 is 27.7 Å². The molecule has 0 saturated heterocycles. The summed E-state index contributed by atoms with van der Waals surface area (Å²) in [6.07, 6.45) is 2.38. The molecule has 19 heavy (non-hydrogen) atoms. The van der Waals surface area contributed by atoms with Crippen LogP contribution in [0.15, 0.2) is 50.9 Å². The standard InChI is InChI=1S/C14H14BrFN2S/c1-9(17)7-10-8-11(16)4-5-13(10)19-14-12(15)3-2-6-18-14/h2-6,8-9H,7,17H2,1H3. The molecule has 2 N–H and O–H groups in total. The Hall–Kier alpha value is -0.910. The highest BCUT2D eigenvalue weighted by atomic mass is 79.9. The summed E-state index contributed by atoms with van der Waals surface area (Å²) < 4.78 is 14.3. The van der Waals surface area contributed by atoms with Crippen molar-refractivity contribution in [2.24, 2.45) is 5.73 Å². The van der Waals surface area contributed by atoms with Gasteiger partial charge in [-0.3, -0.25) is 0 Å². The van der Waals surface area contributed by atoms with E-state index < -0.39 is 0 Å². The predicted molar refractivity (Wildman–Crippen MR) is 79.8 cm³/mol. The van der Waals surface area contributed by atoms with E-state index in [-0.39, 0.29) is 11.9 Å². The summed E-state index contributed by atoms with van der Waals surface area (Å²) in [5.74, 6) is -0.236. The normalized spacial score (nSPS) is 12.4. The molecule has 1 heterocycles. The van der Waals surface area contributed by atoms with Gasteiger partial charge in [-0.1, -0.05) is 11.8 Å². The van der Waals surface area contributed by atoms with E-state index in [1.165, 1.54) is 17.8 Å². The number of nitrogens with two attached hydrogens (primary N) is 1. The van der Waals surface area contributed by atoms with Gasteiger partial charge in [-0.2, -0.15) is 0 Å². The Labute approximate surface area is 124 Å². The molecule has 100 valence electrons. The summed E-state index contributed by atoms with van der Waals surface area (Å²) in [6, 6.07) is 8.57. The van der Waals surface area contributed by atoms with Crippen LogP contribution < -0.4 is 5.73 Å². The lowest BCUT2D eigenvalue weighted by molar-refractivity contribution is 0.620. The van der Waals surface area contributed by atoms with Gasteiger partial charge in [-0.05, 0) is 65.2 Å². The highest BCUT2D eigenvalue weighted by Crippen LogP contribution is 2.34. The summed E-state index contributed by atoms with van der Waals surface area (Å²) in [4.78, 5) is 5.29. The number of rotatable bonds is 4. The van der Waals surface area contributed by atoms with E-state index in [2.05, 4.69) is 20.9 Å². The molecule has 1 aromatic heterocycles. The predicted octanol–water partition coefficient (Wildman–Crippen LogP) is 4.02. The van der Waals surface area contributed by atoms with Gasteiger partial charge in [0.05, 0.1) is 4.47 Å². The SMILES string of the molecule is CC(N)Cc1cc(F)ccc1Sc1ncccc1Br. The first-order valence-corrected chi connectivity index (χ1v) is 7.49. The minimum absolute atomic E-state index is 0.00618. The summed E-state index contributed by atoms with van der Waals surface area (Å²) in [6.45, 7) is 1.91. The molecule has 0 radical (unpaired) electrons. The van der Waals surface area contributed by atoms with Crippen LogP contribution in [0.4, 0.5) is 4.39 Å². The lowest BCUT2D eigenvalue weighted by Gasteiger charge is -2.11. The molecule has 2 aromatic rings. The van der Waals surface area contributed by atoms with Crippen molar-refractivity contribution in [2.45, 2.75) is 29.3 Å². The first kappa shape index (κ1) is 14.5. The van der Waals surface area contributed by atoms with Gasteiger partial charge in [0.15, 0.2) is 0 Å². The molecule has 0 amide bonds. The van der Waals surface area contributed by atoms with Crippen LogP contribution in [-0.4, -0.2) is 11.0 Å². The summed E-state index contributed by atoms with van der Waals surface area (Å²) >= 11 is 4.97. The molecule has 2 rings (SSSR count). The molecule has 0 fully saturated rings. The van der Waals surface area contributed by atoms with Gasteiger partial charge in [0.1, 0.15) is 10.8 Å². The molecule has 0 bridgehead atoms. The fraction of sp³-hybridized carbons (Fsp3) is 0.214. The fourth-order valence-corrected chi connectivity index (χ4v) is 3.10. The third-order valence-electron chi connectivity index (χ3n) is 2.50. The van der Waals surface area contributed by atoms with Crippen LogP contribution in [0.5, 0.6) is 0 Å². The van der Waals surface area contributed by atoms with Crippen LogP contribution in [0.25, 0.3) is 0 Å². The molecule has 0 spiro atoms. The second-order valence-electron chi connectivity index (χ2n) is 4.33. The van der Waals surface area contributed by atoms with E-state index in [9.17, 15) is 4.39 Å². The molecule has 1 unspecified atom stereocenters. The Morgan fingerprint density at radius 3 is 2.89 bits per heavy atom. The third-order valence-corrected chi connectivity index (χ3v) is 4.53. The van der Waals surface area contributed by atoms with Gasteiger partial charge in [-0.15, -0.1) is 0 Å². The molecule has 5 heteroatoms. The lowest BCUT2D eigenvalue weighted by Crippen LogP contribution is -2.18. The smallest absolute Gasteiger partial charge is 0.123 e. The van der Waals surface area contributed by atoms with E-state index in [4.69, 9.17) is 5.73 Å². The van der Waals surface area contributed by atoms with E-state index >= 15 is 0 Å². The van der Waals surface area contributed by atoms with Crippen LogP contribution >= 0.6 is 27.7 Å². The minimum atomic E-state index is -0.236. The summed E-state index contributed by atoms with van der Waals surface area (Å²) in [5, 5.41) is 0.861. The van der Waals surface area contributed by atoms with Gasteiger partial charge in [0.25, 0.3) is 0 Å².